The van der Waals surface area contributed by atoms with Crippen LogP contribution in [0, 0.1) is 0 Å². The van der Waals surface area contributed by atoms with Crippen LogP contribution in [0.3, 0.4) is 0 Å². The molecule has 0 saturated heterocycles. The molecule has 1 aromatic heterocycles. The van der Waals surface area contributed by atoms with E-state index in [0.717, 1.165) is 40.1 Å². The number of aryl methyl sites for hydroxylation is 1. The quantitative estimate of drug-likeness (QED) is 0.307. The second-order valence-corrected chi connectivity index (χ2v) is 8.93. The molecule has 3 aromatic carbocycles. The van der Waals surface area contributed by atoms with Gasteiger partial charge in [0.05, 0.1) is 24.8 Å². The van der Waals surface area contributed by atoms with E-state index in [1.807, 2.05) is 80.6 Å². The number of carbonyl (C=O) groups is 1. The normalized spacial score (nSPS) is 15.6. The molecule has 1 aliphatic rings. The molecule has 2 amide bonds. The lowest BCUT2D eigenvalue weighted by molar-refractivity contribution is 0.203. The van der Waals surface area contributed by atoms with Gasteiger partial charge in [-0.25, -0.2) is 4.79 Å². The van der Waals surface area contributed by atoms with Crippen molar-refractivity contribution in [2.75, 3.05) is 6.61 Å². The Morgan fingerprint density at radius 3 is 2.35 bits per heavy atom. The molecule has 0 bridgehead atoms. The minimum Gasteiger partial charge on any atom is -0.494 e. The van der Waals surface area contributed by atoms with E-state index < -0.39 is 6.04 Å². The molecule has 2 heterocycles. The van der Waals surface area contributed by atoms with Crippen molar-refractivity contribution < 1.29 is 14.1 Å². The average Bonchev–Trinajstić information content (AvgIpc) is 3.42. The zero-order chi connectivity index (χ0) is 25.8. The van der Waals surface area contributed by atoms with Gasteiger partial charge in [0.15, 0.2) is 0 Å². The summed E-state index contributed by atoms with van der Waals surface area (Å²) in [6.45, 7) is 7.04. The van der Waals surface area contributed by atoms with Crippen molar-refractivity contribution in [3.05, 3.63) is 107 Å². The number of rotatable bonds is 8. The molecule has 7 heteroatoms. The molecule has 0 radical (unpaired) electrons. The lowest BCUT2D eigenvalue weighted by atomic mass is 9.93. The minimum absolute atomic E-state index is 0.166. The number of nitrogens with one attached hydrogen (secondary N) is 1. The van der Waals surface area contributed by atoms with Gasteiger partial charge < -0.3 is 14.6 Å². The van der Waals surface area contributed by atoms with Crippen molar-refractivity contribution in [3.8, 4) is 17.1 Å². The number of amides is 2. The van der Waals surface area contributed by atoms with Crippen LogP contribution < -0.4 is 10.1 Å². The predicted molar refractivity (Wildman–Crippen MR) is 143 cm³/mol. The highest BCUT2D eigenvalue weighted by molar-refractivity contribution is 5.86. The number of urea groups is 1. The summed E-state index contributed by atoms with van der Waals surface area (Å²) in [5.74, 6) is 1.64. The van der Waals surface area contributed by atoms with Crippen molar-refractivity contribution in [1.82, 2.24) is 20.4 Å². The maximum Gasteiger partial charge on any atom is 0.322 e. The van der Waals surface area contributed by atoms with E-state index in [4.69, 9.17) is 14.2 Å². The Bertz CT molecular complexity index is 1390. The van der Waals surface area contributed by atoms with Gasteiger partial charge in [-0.3, -0.25) is 4.90 Å². The lowest BCUT2D eigenvalue weighted by Gasteiger charge is -2.35. The van der Waals surface area contributed by atoms with Crippen molar-refractivity contribution in [2.24, 2.45) is 0 Å². The first-order chi connectivity index (χ1) is 18.1. The van der Waals surface area contributed by atoms with Crippen molar-refractivity contribution in [2.45, 2.75) is 39.8 Å². The van der Waals surface area contributed by atoms with Crippen LogP contribution in [0.2, 0.25) is 0 Å². The third-order valence-corrected chi connectivity index (χ3v) is 6.58. The zero-order valence-electron chi connectivity index (χ0n) is 21.3. The fraction of sp³-hybridized carbons (Fsp3) is 0.233. The lowest BCUT2D eigenvalue weighted by Crippen LogP contribution is -2.45. The molecule has 37 heavy (non-hydrogen) atoms. The Labute approximate surface area is 216 Å². The molecule has 188 valence electrons. The Morgan fingerprint density at radius 1 is 0.946 bits per heavy atom. The van der Waals surface area contributed by atoms with E-state index in [9.17, 15) is 4.79 Å². The fourth-order valence-electron chi connectivity index (χ4n) is 4.53. The molecule has 1 unspecified atom stereocenters. The predicted octanol–water partition coefficient (Wildman–Crippen LogP) is 6.40. The molecular weight excluding hydrogens is 464 g/mol. The van der Waals surface area contributed by atoms with Gasteiger partial charge in [-0.05, 0) is 61.2 Å². The summed E-state index contributed by atoms with van der Waals surface area (Å²) in [6.07, 6.45) is 0.943. The Hall–Kier alpha value is -4.39. The maximum absolute atomic E-state index is 13.3. The second kappa shape index (κ2) is 10.7. The van der Waals surface area contributed by atoms with Crippen LogP contribution >= 0.6 is 0 Å². The fourth-order valence-corrected chi connectivity index (χ4v) is 4.53. The summed E-state index contributed by atoms with van der Waals surface area (Å²) in [6, 6.07) is 25.2. The summed E-state index contributed by atoms with van der Waals surface area (Å²) in [4.78, 5) is 19.8. The van der Waals surface area contributed by atoms with Gasteiger partial charge in [-0.2, -0.15) is 4.98 Å². The van der Waals surface area contributed by atoms with Crippen LogP contribution in [0.4, 0.5) is 4.79 Å². The summed E-state index contributed by atoms with van der Waals surface area (Å²) in [5.41, 5.74) is 5.60. The standard InChI is InChI=1S/C30H30N4O3/c1-4-21-11-13-23(14-12-21)27-26(20(3)34(30(35)31-27)19-22-9-7-6-8-10-22)29-32-28(33-37-29)24-15-17-25(18-16-24)36-5-2/h6-18,27H,4-5,19H2,1-3H3,(H,31,35). The first kappa shape index (κ1) is 24.3. The van der Waals surface area contributed by atoms with Gasteiger partial charge in [0.25, 0.3) is 5.89 Å². The number of allylic oxidation sites excluding steroid dienone is 1. The molecule has 1 N–H and O–H groups in total. The van der Waals surface area contributed by atoms with Crippen LogP contribution in [-0.4, -0.2) is 27.7 Å². The zero-order valence-corrected chi connectivity index (χ0v) is 21.3. The third kappa shape index (κ3) is 5.11. The van der Waals surface area contributed by atoms with Crippen LogP contribution in [-0.2, 0) is 13.0 Å². The molecule has 7 nitrogen and oxygen atoms in total. The highest BCUT2D eigenvalue weighted by Crippen LogP contribution is 2.38. The molecule has 0 spiro atoms. The number of benzene rings is 3. The van der Waals surface area contributed by atoms with Gasteiger partial charge in [-0.1, -0.05) is 66.7 Å². The Kier molecular flexibility index (Phi) is 7.03. The van der Waals surface area contributed by atoms with Gasteiger partial charge >= 0.3 is 6.03 Å². The molecule has 4 aromatic rings. The van der Waals surface area contributed by atoms with Crippen LogP contribution in [0.1, 0.15) is 49.4 Å². The Balaban J connectivity index is 1.55. The summed E-state index contributed by atoms with van der Waals surface area (Å²) in [7, 11) is 0. The van der Waals surface area contributed by atoms with Crippen LogP contribution in [0.5, 0.6) is 5.75 Å². The van der Waals surface area contributed by atoms with Crippen LogP contribution in [0.15, 0.2) is 89.1 Å². The number of hydrogen-bond donors (Lipinski definition) is 1. The van der Waals surface area contributed by atoms with E-state index in [-0.39, 0.29) is 6.03 Å². The number of ether oxygens (including phenoxy) is 1. The van der Waals surface area contributed by atoms with Gasteiger partial charge in [0, 0.05) is 11.3 Å². The molecule has 0 aliphatic carbocycles. The summed E-state index contributed by atoms with van der Waals surface area (Å²) >= 11 is 0. The first-order valence-electron chi connectivity index (χ1n) is 12.6. The van der Waals surface area contributed by atoms with E-state index in [1.54, 1.807) is 4.90 Å². The van der Waals surface area contributed by atoms with E-state index in [1.165, 1.54) is 5.56 Å². The second-order valence-electron chi connectivity index (χ2n) is 8.93. The van der Waals surface area contributed by atoms with Crippen molar-refractivity contribution in [3.63, 3.8) is 0 Å². The van der Waals surface area contributed by atoms with Gasteiger partial charge in [-0.15, -0.1) is 0 Å². The summed E-state index contributed by atoms with van der Waals surface area (Å²) < 4.78 is 11.4. The van der Waals surface area contributed by atoms with Crippen LogP contribution in [0.25, 0.3) is 17.0 Å². The van der Waals surface area contributed by atoms with Gasteiger partial charge in [0.1, 0.15) is 5.75 Å². The molecule has 0 saturated carbocycles. The van der Waals surface area contributed by atoms with Crippen molar-refractivity contribution in [1.29, 1.82) is 0 Å². The smallest absolute Gasteiger partial charge is 0.322 e. The number of carbonyl (C=O) groups excluding carboxylic acids is 1. The highest BCUT2D eigenvalue weighted by Gasteiger charge is 2.35. The third-order valence-electron chi connectivity index (χ3n) is 6.58. The topological polar surface area (TPSA) is 80.5 Å². The molecule has 1 atom stereocenters. The monoisotopic (exact) mass is 494 g/mol. The largest absolute Gasteiger partial charge is 0.494 e. The molecular formula is C30H30N4O3. The van der Waals surface area contributed by atoms with Gasteiger partial charge in [0.2, 0.25) is 5.82 Å². The molecule has 0 fully saturated rings. The Morgan fingerprint density at radius 2 is 1.68 bits per heavy atom. The number of hydrogen-bond acceptors (Lipinski definition) is 5. The molecule has 5 rings (SSSR count). The number of aromatic nitrogens is 2. The maximum atomic E-state index is 13.3. The van der Waals surface area contributed by atoms with Crippen molar-refractivity contribution >= 4 is 11.6 Å². The van der Waals surface area contributed by atoms with E-state index in [0.29, 0.717) is 24.9 Å². The SMILES string of the molecule is CCOc1ccc(-c2noc(C3=C(C)N(Cc4ccccc4)C(=O)NC3c3ccc(CC)cc3)n2)cc1. The van der Waals surface area contributed by atoms with E-state index in [2.05, 4.69) is 29.5 Å². The average molecular weight is 495 g/mol. The minimum atomic E-state index is -0.418. The molecule has 1 aliphatic heterocycles. The first-order valence-corrected chi connectivity index (χ1v) is 12.6. The van der Waals surface area contributed by atoms with E-state index >= 15 is 0 Å². The summed E-state index contributed by atoms with van der Waals surface area (Å²) in [5, 5.41) is 7.44. The number of nitrogens with zero attached hydrogens (tertiary/aromatic N) is 3. The highest BCUT2D eigenvalue weighted by atomic mass is 16.5.